The lowest BCUT2D eigenvalue weighted by atomic mass is 9.96. The Morgan fingerprint density at radius 2 is 1.52 bits per heavy atom. The maximum absolute atomic E-state index is 12.1. The summed E-state index contributed by atoms with van der Waals surface area (Å²) >= 11 is 0. The minimum Gasteiger partial charge on any atom is -0.493 e. The van der Waals surface area contributed by atoms with Crippen LogP contribution in [0.2, 0.25) is 0 Å². The zero-order valence-electron chi connectivity index (χ0n) is 24.0. The van der Waals surface area contributed by atoms with Gasteiger partial charge in [0.2, 0.25) is 5.78 Å². The molecule has 42 heavy (non-hydrogen) atoms. The molecule has 0 radical (unpaired) electrons. The minimum atomic E-state index is -1.44. The highest BCUT2D eigenvalue weighted by Gasteiger charge is 2.17. The average molecular weight is 561 g/mol. The van der Waals surface area contributed by atoms with Gasteiger partial charge < -0.3 is 14.3 Å². The standard InChI is InChI=1S/C37H36O5/c1-2-3-14-36-32(31-13-7-8-15-35(31)42-36)23-27-16-18-28(19-17-27)29-20-21-34(30(24-29)25-33(38)37(39)40)41-22-9-12-26-10-5-4-6-11-26/h4-8,10-11,13,15-21,24H,2-3,9,12,14,22-23,25H2,1H3,(H,39,40). The molecule has 5 rings (SSSR count). The maximum Gasteiger partial charge on any atom is 0.372 e. The first-order valence-electron chi connectivity index (χ1n) is 14.7. The Balaban J connectivity index is 1.33. The first-order chi connectivity index (χ1) is 20.5. The smallest absolute Gasteiger partial charge is 0.372 e. The fraction of sp³-hybridized carbons (Fsp3) is 0.243. The van der Waals surface area contributed by atoms with Crippen molar-refractivity contribution in [2.45, 2.75) is 51.9 Å². The van der Waals surface area contributed by atoms with Gasteiger partial charge in [-0.15, -0.1) is 0 Å². The topological polar surface area (TPSA) is 76.7 Å². The summed E-state index contributed by atoms with van der Waals surface area (Å²) in [7, 11) is 0. The number of aryl methyl sites for hydroxylation is 2. The number of Topliss-reactive ketones (excluding diaryl/α,β-unsaturated/α-hetero) is 1. The summed E-state index contributed by atoms with van der Waals surface area (Å²) < 4.78 is 12.2. The molecule has 0 spiro atoms. The number of rotatable bonds is 14. The largest absolute Gasteiger partial charge is 0.493 e. The van der Waals surface area contributed by atoms with E-state index >= 15 is 0 Å². The van der Waals surface area contributed by atoms with Crippen molar-refractivity contribution in [3.05, 3.63) is 125 Å². The Kier molecular flexibility index (Phi) is 9.50. The summed E-state index contributed by atoms with van der Waals surface area (Å²) in [6, 6.07) is 32.5. The van der Waals surface area contributed by atoms with Gasteiger partial charge >= 0.3 is 5.97 Å². The van der Waals surface area contributed by atoms with E-state index in [-0.39, 0.29) is 6.42 Å². The van der Waals surface area contributed by atoms with E-state index in [1.807, 2.05) is 48.5 Å². The van der Waals surface area contributed by atoms with E-state index in [1.54, 1.807) is 0 Å². The number of carboxylic acids is 1. The van der Waals surface area contributed by atoms with Crippen LogP contribution in [0.5, 0.6) is 5.75 Å². The fourth-order valence-electron chi connectivity index (χ4n) is 5.29. The van der Waals surface area contributed by atoms with Crippen LogP contribution in [0.15, 0.2) is 101 Å². The van der Waals surface area contributed by atoms with Crippen LogP contribution in [0.25, 0.3) is 22.1 Å². The van der Waals surface area contributed by atoms with Crippen LogP contribution in [0.3, 0.4) is 0 Å². The summed E-state index contributed by atoms with van der Waals surface area (Å²) in [4.78, 5) is 23.5. The summed E-state index contributed by atoms with van der Waals surface area (Å²) in [5.74, 6) is -0.689. The van der Waals surface area contributed by atoms with Crippen LogP contribution in [0.1, 0.15) is 54.2 Å². The molecule has 0 bridgehead atoms. The molecular formula is C37H36O5. The van der Waals surface area contributed by atoms with Crippen LogP contribution >= 0.6 is 0 Å². The molecule has 5 aromatic rings. The number of aliphatic carboxylic acids is 1. The third kappa shape index (κ3) is 7.16. The normalized spacial score (nSPS) is 11.1. The van der Waals surface area contributed by atoms with Crippen molar-refractivity contribution in [2.24, 2.45) is 0 Å². The quantitative estimate of drug-likeness (QED) is 0.109. The van der Waals surface area contributed by atoms with E-state index in [0.29, 0.717) is 17.9 Å². The van der Waals surface area contributed by atoms with Crippen LogP contribution in [0.4, 0.5) is 0 Å². The number of fused-ring (bicyclic) bond motifs is 1. The maximum atomic E-state index is 12.1. The Labute approximate surface area is 246 Å². The van der Waals surface area contributed by atoms with Gasteiger partial charge in [0, 0.05) is 35.8 Å². The first kappa shape index (κ1) is 28.9. The van der Waals surface area contributed by atoms with Gasteiger partial charge in [0.25, 0.3) is 0 Å². The van der Waals surface area contributed by atoms with Crippen LogP contribution in [-0.4, -0.2) is 23.5 Å². The monoisotopic (exact) mass is 560 g/mol. The molecule has 214 valence electrons. The van der Waals surface area contributed by atoms with Crippen LogP contribution in [-0.2, 0) is 35.3 Å². The van der Waals surface area contributed by atoms with Crippen LogP contribution < -0.4 is 4.74 Å². The van der Waals surface area contributed by atoms with Crippen molar-refractivity contribution < 1.29 is 23.8 Å². The number of ketones is 1. The molecule has 1 aromatic heterocycles. The molecule has 5 nitrogen and oxygen atoms in total. The highest BCUT2D eigenvalue weighted by atomic mass is 16.5. The summed E-state index contributed by atoms with van der Waals surface area (Å²) in [5, 5.41) is 10.4. The van der Waals surface area contributed by atoms with Crippen molar-refractivity contribution >= 4 is 22.7 Å². The Hall–Kier alpha value is -4.64. The third-order valence-electron chi connectivity index (χ3n) is 7.57. The SMILES string of the molecule is CCCCc1oc2ccccc2c1Cc1ccc(-c2ccc(OCCCc3ccccc3)c(CC(=O)C(=O)O)c2)cc1. The highest BCUT2D eigenvalue weighted by molar-refractivity contribution is 6.33. The van der Waals surface area contributed by atoms with Crippen molar-refractivity contribution in [1.29, 1.82) is 0 Å². The van der Waals surface area contributed by atoms with Crippen molar-refractivity contribution in [3.8, 4) is 16.9 Å². The summed E-state index contributed by atoms with van der Waals surface area (Å²) in [6.07, 6.45) is 5.38. The van der Waals surface area contributed by atoms with Gasteiger partial charge in [0.1, 0.15) is 17.1 Å². The van der Waals surface area contributed by atoms with Gasteiger partial charge in [-0.3, -0.25) is 4.79 Å². The molecule has 0 aliphatic rings. The number of ether oxygens (including phenoxy) is 1. The fourth-order valence-corrected chi connectivity index (χ4v) is 5.29. The molecule has 1 N–H and O–H groups in total. The zero-order valence-corrected chi connectivity index (χ0v) is 24.0. The highest BCUT2D eigenvalue weighted by Crippen LogP contribution is 2.31. The Morgan fingerprint density at radius 1 is 0.786 bits per heavy atom. The molecule has 4 aromatic carbocycles. The van der Waals surface area contributed by atoms with Gasteiger partial charge in [0.15, 0.2) is 0 Å². The number of hydrogen-bond acceptors (Lipinski definition) is 4. The van der Waals surface area contributed by atoms with E-state index in [2.05, 4.69) is 55.5 Å². The van der Waals surface area contributed by atoms with Crippen molar-refractivity contribution in [2.75, 3.05) is 6.61 Å². The summed E-state index contributed by atoms with van der Waals surface area (Å²) in [5.41, 5.74) is 7.07. The average Bonchev–Trinajstić information content (AvgIpc) is 3.36. The zero-order chi connectivity index (χ0) is 29.3. The van der Waals surface area contributed by atoms with Gasteiger partial charge in [-0.1, -0.05) is 92.2 Å². The predicted octanol–water partition coefficient (Wildman–Crippen LogP) is 8.24. The second kappa shape index (κ2) is 13.8. The molecule has 0 amide bonds. The molecule has 0 unspecified atom stereocenters. The number of carboxylic acid groups (broad SMARTS) is 1. The van der Waals surface area contributed by atoms with Crippen molar-refractivity contribution in [3.63, 3.8) is 0 Å². The summed E-state index contributed by atoms with van der Waals surface area (Å²) in [6.45, 7) is 2.66. The number of para-hydroxylation sites is 1. The molecule has 0 atom stereocenters. The molecule has 1 heterocycles. The lowest BCUT2D eigenvalue weighted by Crippen LogP contribution is -2.16. The van der Waals surface area contributed by atoms with E-state index in [0.717, 1.165) is 61.0 Å². The molecule has 0 fully saturated rings. The van der Waals surface area contributed by atoms with Gasteiger partial charge in [-0.2, -0.15) is 0 Å². The molecule has 0 saturated carbocycles. The lowest BCUT2D eigenvalue weighted by molar-refractivity contribution is -0.148. The Morgan fingerprint density at radius 3 is 2.29 bits per heavy atom. The molecule has 5 heteroatoms. The second-order valence-corrected chi connectivity index (χ2v) is 10.6. The number of furan rings is 1. The number of carbonyl (C=O) groups excluding carboxylic acids is 1. The van der Waals surface area contributed by atoms with Gasteiger partial charge in [-0.05, 0) is 59.7 Å². The molecular weight excluding hydrogens is 524 g/mol. The molecule has 0 saturated heterocycles. The van der Waals surface area contributed by atoms with E-state index in [1.165, 1.54) is 22.1 Å². The number of carbonyl (C=O) groups is 2. The predicted molar refractivity (Wildman–Crippen MR) is 166 cm³/mol. The molecule has 0 aliphatic heterocycles. The lowest BCUT2D eigenvalue weighted by Gasteiger charge is -2.13. The van der Waals surface area contributed by atoms with Gasteiger partial charge in [-0.25, -0.2) is 4.79 Å². The first-order valence-corrected chi connectivity index (χ1v) is 14.7. The van der Waals surface area contributed by atoms with Crippen LogP contribution in [0, 0.1) is 0 Å². The number of hydrogen-bond donors (Lipinski definition) is 1. The Bertz CT molecular complexity index is 1650. The minimum absolute atomic E-state index is 0.219. The van der Waals surface area contributed by atoms with E-state index in [9.17, 15) is 14.7 Å². The molecule has 0 aliphatic carbocycles. The van der Waals surface area contributed by atoms with E-state index < -0.39 is 11.8 Å². The number of benzene rings is 4. The number of unbranched alkanes of at least 4 members (excludes halogenated alkanes) is 1. The van der Waals surface area contributed by atoms with Crippen molar-refractivity contribution in [1.82, 2.24) is 0 Å². The van der Waals surface area contributed by atoms with Gasteiger partial charge in [0.05, 0.1) is 6.61 Å². The second-order valence-electron chi connectivity index (χ2n) is 10.6. The van der Waals surface area contributed by atoms with E-state index in [4.69, 9.17) is 9.15 Å². The third-order valence-corrected chi connectivity index (χ3v) is 7.57.